The third kappa shape index (κ3) is 5.00. The van der Waals surface area contributed by atoms with Crippen molar-refractivity contribution in [3.8, 4) is 0 Å². The fourth-order valence-corrected chi connectivity index (χ4v) is 3.51. The highest BCUT2D eigenvalue weighted by atomic mass is 32.2. The minimum Gasteiger partial charge on any atom is -0.376 e. The Morgan fingerprint density at radius 2 is 1.85 bits per heavy atom. The van der Waals surface area contributed by atoms with Crippen LogP contribution < -0.4 is 11.1 Å². The summed E-state index contributed by atoms with van der Waals surface area (Å²) in [6.45, 7) is -0.0146. The van der Waals surface area contributed by atoms with Crippen LogP contribution in [0.4, 0.5) is 0 Å². The van der Waals surface area contributed by atoms with E-state index in [9.17, 15) is 13.2 Å². The Hall–Kier alpha value is -1.56. The van der Waals surface area contributed by atoms with Crippen molar-refractivity contribution >= 4 is 16.0 Å². The predicted octanol–water partition coefficient (Wildman–Crippen LogP) is -0.525. The van der Waals surface area contributed by atoms with Crippen molar-refractivity contribution in [1.82, 2.24) is 5.32 Å². The molecule has 1 amide bonds. The minimum atomic E-state index is -3.81. The van der Waals surface area contributed by atoms with Crippen molar-refractivity contribution in [2.24, 2.45) is 5.73 Å². The summed E-state index contributed by atoms with van der Waals surface area (Å²) in [5.41, 5.74) is 6.12. The average Bonchev–Trinajstić information content (AvgIpc) is 2.61. The Morgan fingerprint density at radius 3 is 2.35 bits per heavy atom. The van der Waals surface area contributed by atoms with Gasteiger partial charge >= 0.3 is 0 Å². The molecule has 5 atom stereocenters. The number of benzene rings is 1. The van der Waals surface area contributed by atoms with Crippen LogP contribution in [0.25, 0.3) is 0 Å². The van der Waals surface area contributed by atoms with Gasteiger partial charge in [0.15, 0.2) is 6.29 Å². The highest BCUT2D eigenvalue weighted by molar-refractivity contribution is 7.86. The highest BCUT2D eigenvalue weighted by Crippen LogP contribution is 2.27. The van der Waals surface area contributed by atoms with Crippen molar-refractivity contribution in [2.45, 2.75) is 30.6 Å². The molecule has 0 saturated carbocycles. The van der Waals surface area contributed by atoms with Crippen LogP contribution in [0.2, 0.25) is 0 Å². The molecule has 10 heteroatoms. The first-order chi connectivity index (χ1) is 12.3. The number of methoxy groups -OCH3 is 2. The third-order valence-corrected chi connectivity index (χ3v) is 4.57. The molecule has 0 spiro atoms. The van der Waals surface area contributed by atoms with Gasteiger partial charge in [0, 0.05) is 26.3 Å². The van der Waals surface area contributed by atoms with Crippen molar-refractivity contribution in [3.63, 3.8) is 0 Å². The number of amides is 1. The molecular formula is C16H24N2O7S. The zero-order valence-electron chi connectivity index (χ0n) is 14.8. The summed E-state index contributed by atoms with van der Waals surface area (Å²) in [7, 11) is -1.01. The lowest BCUT2D eigenvalue weighted by molar-refractivity contribution is -0.251. The third-order valence-electron chi connectivity index (χ3n) is 4.00. The standard InChI is InChI=1S/C16H24N2O7S/c1-22-14-12(18-15(19)10-7-5-4-6-8-10)16(23-2)24-11(9-17)13(14)25-26(3,20)21/h4-8,11-14,16H,9,17H2,1-3H3,(H,18,19)/t11-,12-,13-,14-,16-/m1/s1. The van der Waals surface area contributed by atoms with Gasteiger partial charge < -0.3 is 25.3 Å². The second kappa shape index (κ2) is 8.89. The maximum Gasteiger partial charge on any atom is 0.264 e. The van der Waals surface area contributed by atoms with Gasteiger partial charge in [0.25, 0.3) is 16.0 Å². The van der Waals surface area contributed by atoms with E-state index >= 15 is 0 Å². The Balaban J connectivity index is 2.29. The summed E-state index contributed by atoms with van der Waals surface area (Å²) >= 11 is 0. The summed E-state index contributed by atoms with van der Waals surface area (Å²) in [6.07, 6.45) is -2.64. The number of hydrogen-bond acceptors (Lipinski definition) is 8. The number of rotatable bonds is 7. The predicted molar refractivity (Wildman–Crippen MR) is 92.9 cm³/mol. The van der Waals surface area contributed by atoms with E-state index in [1.807, 2.05) is 0 Å². The van der Waals surface area contributed by atoms with Crippen LogP contribution in [-0.4, -0.2) is 72.0 Å². The van der Waals surface area contributed by atoms with Crippen LogP contribution in [0.5, 0.6) is 0 Å². The molecule has 0 aromatic heterocycles. The number of nitrogens with two attached hydrogens (primary N) is 1. The molecule has 2 rings (SSSR count). The highest BCUT2D eigenvalue weighted by Gasteiger charge is 2.49. The lowest BCUT2D eigenvalue weighted by atomic mass is 9.96. The van der Waals surface area contributed by atoms with Gasteiger partial charge in [-0.15, -0.1) is 0 Å². The first-order valence-electron chi connectivity index (χ1n) is 7.96. The Kier molecular flexibility index (Phi) is 7.09. The molecule has 0 radical (unpaired) electrons. The van der Waals surface area contributed by atoms with Gasteiger partial charge in [-0.2, -0.15) is 8.42 Å². The molecule has 1 heterocycles. The smallest absolute Gasteiger partial charge is 0.264 e. The van der Waals surface area contributed by atoms with Gasteiger partial charge in [-0.3, -0.25) is 8.98 Å². The molecule has 1 aliphatic heterocycles. The Labute approximate surface area is 152 Å². The molecule has 1 saturated heterocycles. The first-order valence-corrected chi connectivity index (χ1v) is 9.77. The van der Waals surface area contributed by atoms with Gasteiger partial charge in [-0.05, 0) is 12.1 Å². The van der Waals surface area contributed by atoms with Gasteiger partial charge in [0.2, 0.25) is 0 Å². The zero-order valence-corrected chi connectivity index (χ0v) is 15.6. The van der Waals surface area contributed by atoms with E-state index in [-0.39, 0.29) is 12.5 Å². The molecule has 9 nitrogen and oxygen atoms in total. The summed E-state index contributed by atoms with van der Waals surface area (Å²) in [6, 6.07) is 7.73. The van der Waals surface area contributed by atoms with Crippen LogP contribution in [0.15, 0.2) is 30.3 Å². The molecular weight excluding hydrogens is 364 g/mol. The van der Waals surface area contributed by atoms with E-state index in [1.165, 1.54) is 14.2 Å². The monoisotopic (exact) mass is 388 g/mol. The summed E-state index contributed by atoms with van der Waals surface area (Å²) in [4.78, 5) is 12.5. The molecule has 0 bridgehead atoms. The van der Waals surface area contributed by atoms with Crippen LogP contribution in [0, 0.1) is 0 Å². The quantitative estimate of drug-likeness (QED) is 0.597. The lowest BCUT2D eigenvalue weighted by Crippen LogP contribution is -2.66. The molecule has 0 unspecified atom stereocenters. The molecule has 1 aromatic carbocycles. The number of ether oxygens (including phenoxy) is 3. The van der Waals surface area contributed by atoms with E-state index in [4.69, 9.17) is 24.1 Å². The summed E-state index contributed by atoms with van der Waals surface area (Å²) in [5, 5.41) is 2.77. The molecule has 0 aliphatic carbocycles. The number of carbonyl (C=O) groups excluding carboxylic acids is 1. The summed E-state index contributed by atoms with van der Waals surface area (Å²) < 4.78 is 44.8. The van der Waals surface area contributed by atoms with E-state index in [1.54, 1.807) is 30.3 Å². The average molecular weight is 388 g/mol. The minimum absolute atomic E-state index is 0.0146. The van der Waals surface area contributed by atoms with E-state index in [0.717, 1.165) is 6.26 Å². The summed E-state index contributed by atoms with van der Waals surface area (Å²) in [5.74, 6) is -0.382. The topological polar surface area (TPSA) is 126 Å². The molecule has 1 aliphatic rings. The molecule has 3 N–H and O–H groups in total. The van der Waals surface area contributed by atoms with E-state index in [0.29, 0.717) is 5.56 Å². The van der Waals surface area contributed by atoms with Crippen LogP contribution in [0.3, 0.4) is 0 Å². The van der Waals surface area contributed by atoms with Crippen molar-refractivity contribution in [1.29, 1.82) is 0 Å². The van der Waals surface area contributed by atoms with Gasteiger partial charge in [0.1, 0.15) is 24.4 Å². The van der Waals surface area contributed by atoms with Crippen molar-refractivity contribution in [2.75, 3.05) is 27.0 Å². The lowest BCUT2D eigenvalue weighted by Gasteiger charge is -2.44. The normalized spacial score (nSPS) is 29.3. The molecule has 26 heavy (non-hydrogen) atoms. The van der Waals surface area contributed by atoms with Crippen LogP contribution >= 0.6 is 0 Å². The second-order valence-electron chi connectivity index (χ2n) is 5.84. The van der Waals surface area contributed by atoms with E-state index < -0.39 is 40.8 Å². The Morgan fingerprint density at radius 1 is 1.19 bits per heavy atom. The van der Waals surface area contributed by atoms with E-state index in [2.05, 4.69) is 5.32 Å². The fraction of sp³-hybridized carbons (Fsp3) is 0.562. The maximum atomic E-state index is 12.5. The van der Waals surface area contributed by atoms with Crippen molar-refractivity contribution < 1.29 is 31.6 Å². The number of carbonyl (C=O) groups is 1. The Bertz CT molecular complexity index is 698. The SMILES string of the molecule is CO[C@@H]1O[C@H](CN)[C@@H](OS(C)(=O)=O)[C@H](OC)[C@H]1NC(=O)c1ccccc1. The molecule has 1 fully saturated rings. The van der Waals surface area contributed by atoms with Gasteiger partial charge in [0.05, 0.1) is 6.26 Å². The van der Waals surface area contributed by atoms with Crippen molar-refractivity contribution in [3.05, 3.63) is 35.9 Å². The number of hydrogen-bond donors (Lipinski definition) is 2. The van der Waals surface area contributed by atoms with Gasteiger partial charge in [-0.25, -0.2) is 0 Å². The largest absolute Gasteiger partial charge is 0.376 e. The molecule has 1 aromatic rings. The van der Waals surface area contributed by atoms with Crippen LogP contribution in [0.1, 0.15) is 10.4 Å². The second-order valence-corrected chi connectivity index (χ2v) is 7.45. The first kappa shape index (κ1) is 20.7. The van der Waals surface area contributed by atoms with Gasteiger partial charge in [-0.1, -0.05) is 18.2 Å². The van der Waals surface area contributed by atoms with Crippen LogP contribution in [-0.2, 0) is 28.5 Å². The molecule has 146 valence electrons. The maximum absolute atomic E-state index is 12.5. The zero-order chi connectivity index (χ0) is 19.3. The number of nitrogens with one attached hydrogen (secondary N) is 1. The fourth-order valence-electron chi connectivity index (χ4n) is 2.87.